The Morgan fingerprint density at radius 3 is 1.92 bits per heavy atom. The zero-order chi connectivity index (χ0) is 19.3. The van der Waals surface area contributed by atoms with E-state index in [1.807, 2.05) is 0 Å². The molecule has 0 spiro atoms. The molecule has 0 aliphatic carbocycles. The summed E-state index contributed by atoms with van der Waals surface area (Å²) in [7, 11) is 0.0500. The molecule has 2 rings (SSSR count). The second-order valence-electron chi connectivity index (χ2n) is 5.31. The molecule has 2 aromatic carbocycles. The van der Waals surface area contributed by atoms with Crippen LogP contribution in [0, 0.1) is 0 Å². The van der Waals surface area contributed by atoms with Gasteiger partial charge in [0.1, 0.15) is 24.9 Å². The first kappa shape index (κ1) is 20.5. The summed E-state index contributed by atoms with van der Waals surface area (Å²) >= 11 is 12.0. The average molecular weight is 415 g/mol. The molecular formula is C18H17Cl2O5P. The van der Waals surface area contributed by atoms with Crippen molar-refractivity contribution in [3.63, 3.8) is 0 Å². The van der Waals surface area contributed by atoms with Crippen molar-refractivity contribution in [1.82, 2.24) is 0 Å². The number of hydrogen-bond acceptors (Lipinski definition) is 5. The van der Waals surface area contributed by atoms with E-state index in [1.54, 1.807) is 36.4 Å². The van der Waals surface area contributed by atoms with Gasteiger partial charge in [-0.25, -0.2) is 0 Å². The molecule has 0 heterocycles. The van der Waals surface area contributed by atoms with Crippen LogP contribution in [0.3, 0.4) is 0 Å². The summed E-state index contributed by atoms with van der Waals surface area (Å²) in [5, 5.41) is 0.444. The molecule has 0 aliphatic heterocycles. The maximum atomic E-state index is 12.6. The van der Waals surface area contributed by atoms with Crippen molar-refractivity contribution < 1.29 is 23.6 Å². The van der Waals surface area contributed by atoms with E-state index < -0.39 is 13.3 Å². The third-order valence-corrected chi connectivity index (χ3v) is 5.82. The first-order valence-electron chi connectivity index (χ1n) is 7.66. The highest BCUT2D eigenvalue weighted by molar-refractivity contribution is 7.64. The van der Waals surface area contributed by atoms with E-state index in [1.165, 1.54) is 14.2 Å². The Hall–Kier alpha value is -1.81. The summed E-state index contributed by atoms with van der Waals surface area (Å²) in [6.07, 6.45) is -0.199. The number of carbonyl (C=O) groups excluding carboxylic acids is 2. The van der Waals surface area contributed by atoms with E-state index in [2.05, 4.69) is 0 Å². The monoisotopic (exact) mass is 414 g/mol. The van der Waals surface area contributed by atoms with Crippen LogP contribution in [0.1, 0.15) is 27.1 Å². The summed E-state index contributed by atoms with van der Waals surface area (Å²) in [6.45, 7) is 0. The van der Waals surface area contributed by atoms with Gasteiger partial charge >= 0.3 is 0 Å². The number of rotatable bonds is 8. The smallest absolute Gasteiger partial charge is 0.225 e. The molecule has 0 saturated heterocycles. The Balaban J connectivity index is 2.16. The first-order valence-corrected chi connectivity index (χ1v) is 10.0. The molecular weight excluding hydrogens is 398 g/mol. The number of halogens is 2. The number of carbonyl (C=O) groups is 2. The second-order valence-corrected chi connectivity index (χ2v) is 7.92. The summed E-state index contributed by atoms with van der Waals surface area (Å²) in [4.78, 5) is 24.9. The van der Waals surface area contributed by atoms with Crippen molar-refractivity contribution in [3.05, 3.63) is 57.6 Å². The third-order valence-electron chi connectivity index (χ3n) is 3.73. The quantitative estimate of drug-likeness (QED) is 0.449. The molecule has 0 aliphatic rings. The van der Waals surface area contributed by atoms with E-state index in [-0.39, 0.29) is 51.0 Å². The standard InChI is InChI=1S/C18H17Cl2O5P/c1-24-14-7-4-8-15(25-2)17(14)18(22)26(23)10-9-13(21)16-11(19)5-3-6-12(16)20/h3-8,26H,9-10H2,1-2H3. The molecule has 1 unspecified atom stereocenters. The van der Waals surface area contributed by atoms with Crippen LogP contribution in [-0.4, -0.2) is 31.7 Å². The highest BCUT2D eigenvalue weighted by Crippen LogP contribution is 2.38. The predicted octanol–water partition coefficient (Wildman–Crippen LogP) is 4.98. The molecule has 0 radical (unpaired) electrons. The van der Waals surface area contributed by atoms with E-state index in [0.717, 1.165) is 0 Å². The number of hydrogen-bond donors (Lipinski definition) is 0. The van der Waals surface area contributed by atoms with Crippen molar-refractivity contribution in [1.29, 1.82) is 0 Å². The molecule has 0 aromatic heterocycles. The van der Waals surface area contributed by atoms with Crippen LogP contribution in [0.5, 0.6) is 11.5 Å². The molecule has 0 bridgehead atoms. The molecule has 0 fully saturated rings. The maximum absolute atomic E-state index is 12.6. The van der Waals surface area contributed by atoms with Gasteiger partial charge in [-0.3, -0.25) is 9.59 Å². The summed E-state index contributed by atoms with van der Waals surface area (Å²) in [6, 6.07) is 9.55. The molecule has 26 heavy (non-hydrogen) atoms. The molecule has 0 amide bonds. The van der Waals surface area contributed by atoms with Gasteiger partial charge in [-0.2, -0.15) is 0 Å². The summed E-state index contributed by atoms with van der Waals surface area (Å²) < 4.78 is 22.8. The SMILES string of the molecule is COc1cccc(OC)c1C(=O)[PH](=O)CCC(=O)c1c(Cl)cccc1Cl. The normalized spacial score (nSPS) is 11.7. The fourth-order valence-corrected chi connectivity index (χ4v) is 4.26. The first-order chi connectivity index (χ1) is 12.4. The van der Waals surface area contributed by atoms with E-state index in [0.29, 0.717) is 0 Å². The minimum absolute atomic E-state index is 0.0922. The Kier molecular flexibility index (Phi) is 7.27. The van der Waals surface area contributed by atoms with Gasteiger partial charge in [0, 0.05) is 12.6 Å². The molecule has 0 saturated carbocycles. The van der Waals surface area contributed by atoms with Crippen molar-refractivity contribution >= 4 is 42.3 Å². The van der Waals surface area contributed by atoms with E-state index in [9.17, 15) is 14.2 Å². The Labute approximate surface area is 162 Å². The van der Waals surface area contributed by atoms with Crippen molar-refractivity contribution in [2.75, 3.05) is 20.4 Å². The highest BCUT2D eigenvalue weighted by atomic mass is 35.5. The number of ether oxygens (including phenoxy) is 2. The molecule has 5 nitrogen and oxygen atoms in total. The lowest BCUT2D eigenvalue weighted by Gasteiger charge is -2.12. The maximum Gasteiger partial charge on any atom is 0.225 e. The number of benzene rings is 2. The van der Waals surface area contributed by atoms with Crippen LogP contribution in [0.4, 0.5) is 0 Å². The second kappa shape index (κ2) is 9.22. The molecule has 138 valence electrons. The zero-order valence-corrected chi connectivity index (χ0v) is 16.7. The van der Waals surface area contributed by atoms with Gasteiger partial charge in [0.2, 0.25) is 5.52 Å². The van der Waals surface area contributed by atoms with Gasteiger partial charge in [-0.15, -0.1) is 0 Å². The molecule has 2 aromatic rings. The lowest BCUT2D eigenvalue weighted by Crippen LogP contribution is -2.06. The van der Waals surface area contributed by atoms with Crippen LogP contribution < -0.4 is 9.47 Å². The highest BCUT2D eigenvalue weighted by Gasteiger charge is 2.24. The molecule has 1 atom stereocenters. The lowest BCUT2D eigenvalue weighted by atomic mass is 10.1. The van der Waals surface area contributed by atoms with Gasteiger partial charge in [0.15, 0.2) is 5.78 Å². The van der Waals surface area contributed by atoms with Gasteiger partial charge in [-0.05, 0) is 24.3 Å². The molecule has 0 N–H and O–H groups in total. The average Bonchev–Trinajstić information content (AvgIpc) is 2.64. The largest absolute Gasteiger partial charge is 0.496 e. The van der Waals surface area contributed by atoms with Gasteiger partial charge in [0.05, 0.1) is 29.8 Å². The number of methoxy groups -OCH3 is 2. The Morgan fingerprint density at radius 1 is 0.923 bits per heavy atom. The number of Topliss-reactive ketones (excluding diaryl/α,β-unsaturated/α-hetero) is 1. The summed E-state index contributed by atoms with van der Waals surface area (Å²) in [5.41, 5.74) is -0.306. The fraction of sp³-hybridized carbons (Fsp3) is 0.222. The minimum atomic E-state index is -2.77. The Bertz CT molecular complexity index is 824. The third kappa shape index (κ3) is 4.47. The van der Waals surface area contributed by atoms with E-state index >= 15 is 0 Å². The van der Waals surface area contributed by atoms with Crippen LogP contribution in [0.25, 0.3) is 0 Å². The minimum Gasteiger partial charge on any atom is -0.496 e. The van der Waals surface area contributed by atoms with E-state index in [4.69, 9.17) is 32.7 Å². The van der Waals surface area contributed by atoms with Crippen molar-refractivity contribution in [2.45, 2.75) is 6.42 Å². The molecule has 8 heteroatoms. The Morgan fingerprint density at radius 2 is 1.42 bits per heavy atom. The zero-order valence-electron chi connectivity index (χ0n) is 14.2. The topological polar surface area (TPSA) is 69.7 Å². The number of ketones is 1. The lowest BCUT2D eigenvalue weighted by molar-refractivity contribution is 0.0989. The van der Waals surface area contributed by atoms with Crippen molar-refractivity contribution in [3.8, 4) is 11.5 Å². The van der Waals surface area contributed by atoms with Crippen LogP contribution in [-0.2, 0) is 4.57 Å². The predicted molar refractivity (Wildman–Crippen MR) is 103 cm³/mol. The van der Waals surface area contributed by atoms with Gasteiger partial charge in [0.25, 0.3) is 0 Å². The van der Waals surface area contributed by atoms with Crippen molar-refractivity contribution in [2.24, 2.45) is 0 Å². The van der Waals surface area contributed by atoms with Crippen LogP contribution >= 0.6 is 31.0 Å². The van der Waals surface area contributed by atoms with Crippen LogP contribution in [0.2, 0.25) is 10.0 Å². The van der Waals surface area contributed by atoms with Crippen LogP contribution in [0.15, 0.2) is 36.4 Å². The summed E-state index contributed by atoms with van der Waals surface area (Å²) in [5.74, 6) is 0.181. The van der Waals surface area contributed by atoms with Gasteiger partial charge in [-0.1, -0.05) is 35.3 Å². The fourth-order valence-electron chi connectivity index (χ4n) is 2.44. The van der Waals surface area contributed by atoms with Gasteiger partial charge < -0.3 is 14.0 Å².